The number of nitrogens with one attached hydrogen (secondary N) is 1. The number of hydrogen-bond donors (Lipinski definition) is 1. The van der Waals surface area contributed by atoms with Crippen LogP contribution >= 0.6 is 11.6 Å². The topological polar surface area (TPSA) is 25.2 Å². The number of hydrogen-bond acceptors (Lipinski definition) is 2. The van der Waals surface area contributed by atoms with Crippen LogP contribution in [0, 0.1) is 12.7 Å². The Balaban J connectivity index is 2.26. The summed E-state index contributed by atoms with van der Waals surface area (Å²) in [6.07, 6.45) is 2.14. The van der Waals surface area contributed by atoms with Crippen molar-refractivity contribution in [3.63, 3.8) is 0 Å². The normalized spacial score (nSPS) is 12.7. The van der Waals surface area contributed by atoms with E-state index in [-0.39, 0.29) is 16.9 Å². The Bertz CT molecular complexity index is 538. The van der Waals surface area contributed by atoms with Crippen LogP contribution in [-0.2, 0) is 6.42 Å². The highest BCUT2D eigenvalue weighted by Crippen LogP contribution is 2.25. The lowest BCUT2D eigenvalue weighted by Gasteiger charge is -2.15. The number of halogens is 2. The third kappa shape index (κ3) is 2.57. The monoisotopic (exact) mass is 267 g/mol. The zero-order valence-electron chi connectivity index (χ0n) is 10.3. The van der Waals surface area contributed by atoms with Gasteiger partial charge in [-0.2, -0.15) is 0 Å². The molecule has 0 bridgehead atoms. The molecule has 1 atom stereocenters. The van der Waals surface area contributed by atoms with E-state index in [0.717, 1.165) is 11.3 Å². The van der Waals surface area contributed by atoms with E-state index in [9.17, 15) is 4.39 Å². The summed E-state index contributed by atoms with van der Waals surface area (Å²) >= 11 is 5.78. The van der Waals surface area contributed by atoms with Gasteiger partial charge in [-0.3, -0.25) is 0 Å². The molecule has 0 aliphatic rings. The summed E-state index contributed by atoms with van der Waals surface area (Å²) in [4.78, 5) is 0. The van der Waals surface area contributed by atoms with Gasteiger partial charge in [0.15, 0.2) is 0 Å². The first-order valence-corrected chi connectivity index (χ1v) is 6.15. The molecule has 1 N–H and O–H groups in total. The molecule has 1 heterocycles. The van der Waals surface area contributed by atoms with E-state index in [1.165, 1.54) is 0 Å². The summed E-state index contributed by atoms with van der Waals surface area (Å²) in [7, 11) is 1.83. The summed E-state index contributed by atoms with van der Waals surface area (Å²) in [6.45, 7) is 1.97. The third-order valence-electron chi connectivity index (χ3n) is 3.02. The fourth-order valence-electron chi connectivity index (χ4n) is 1.99. The second kappa shape index (κ2) is 5.55. The number of likely N-dealkylation sites (N-methyl/N-ethyl adjacent to an activating group) is 1. The van der Waals surface area contributed by atoms with Crippen LogP contribution < -0.4 is 5.32 Å². The molecule has 0 spiro atoms. The highest BCUT2D eigenvalue weighted by molar-refractivity contribution is 6.30. The lowest BCUT2D eigenvalue weighted by Crippen LogP contribution is -2.19. The number of rotatable bonds is 4. The smallest absolute Gasteiger partial charge is 0.145 e. The minimum Gasteiger partial charge on any atom is -0.467 e. The molecule has 2 nitrogen and oxygen atoms in total. The van der Waals surface area contributed by atoms with Gasteiger partial charge >= 0.3 is 0 Å². The minimum absolute atomic E-state index is 0.0621. The van der Waals surface area contributed by atoms with Crippen molar-refractivity contribution in [2.75, 3.05) is 7.05 Å². The molecule has 0 aliphatic carbocycles. The molecule has 2 rings (SSSR count). The molecule has 2 aromatic rings. The summed E-state index contributed by atoms with van der Waals surface area (Å²) in [5.41, 5.74) is 1.63. The number of furan rings is 1. The average Bonchev–Trinajstić information content (AvgIpc) is 2.77. The Hall–Kier alpha value is -1.32. The maximum Gasteiger partial charge on any atom is 0.145 e. The molecule has 0 amide bonds. The lowest BCUT2D eigenvalue weighted by molar-refractivity contribution is 0.422. The van der Waals surface area contributed by atoms with Gasteiger partial charge in [0.2, 0.25) is 0 Å². The molecule has 0 fully saturated rings. The Kier molecular flexibility index (Phi) is 4.04. The molecule has 0 aliphatic heterocycles. The molecule has 1 unspecified atom stereocenters. The molecule has 0 radical (unpaired) electrons. The molecule has 0 saturated heterocycles. The molecular weight excluding hydrogens is 253 g/mol. The molecule has 1 aromatic heterocycles. The molecule has 1 aromatic carbocycles. The summed E-state index contributed by atoms with van der Waals surface area (Å²) in [5, 5.41) is 3.29. The summed E-state index contributed by atoms with van der Waals surface area (Å²) in [6, 6.07) is 6.88. The van der Waals surface area contributed by atoms with E-state index in [1.807, 2.05) is 20.0 Å². The Morgan fingerprint density at radius 2 is 2.17 bits per heavy atom. The molecule has 4 heteroatoms. The first-order chi connectivity index (χ1) is 8.63. The second-order valence-electron chi connectivity index (χ2n) is 4.23. The minimum atomic E-state index is -0.358. The molecule has 96 valence electrons. The van der Waals surface area contributed by atoms with Crippen molar-refractivity contribution in [3.05, 3.63) is 58.3 Å². The SMILES string of the molecule is CNC(Cc1cccc(Cl)c1F)c1occc1C. The van der Waals surface area contributed by atoms with Crippen molar-refractivity contribution in [2.45, 2.75) is 19.4 Å². The van der Waals surface area contributed by atoms with Gasteiger partial charge in [-0.25, -0.2) is 4.39 Å². The van der Waals surface area contributed by atoms with Crippen molar-refractivity contribution < 1.29 is 8.81 Å². The van der Waals surface area contributed by atoms with Gasteiger partial charge in [0.25, 0.3) is 0 Å². The lowest BCUT2D eigenvalue weighted by atomic mass is 10.0. The Morgan fingerprint density at radius 1 is 1.39 bits per heavy atom. The maximum atomic E-state index is 13.9. The van der Waals surface area contributed by atoms with Crippen LogP contribution in [0.4, 0.5) is 4.39 Å². The largest absolute Gasteiger partial charge is 0.467 e. The quantitative estimate of drug-likeness (QED) is 0.909. The van der Waals surface area contributed by atoms with Crippen LogP contribution in [0.15, 0.2) is 34.9 Å². The first-order valence-electron chi connectivity index (χ1n) is 5.77. The summed E-state index contributed by atoms with van der Waals surface area (Å²) < 4.78 is 19.3. The highest BCUT2D eigenvalue weighted by atomic mass is 35.5. The van der Waals surface area contributed by atoms with Gasteiger partial charge < -0.3 is 9.73 Å². The maximum absolute atomic E-state index is 13.9. The molecule has 18 heavy (non-hydrogen) atoms. The van der Waals surface area contributed by atoms with Crippen molar-refractivity contribution >= 4 is 11.6 Å². The number of aryl methyl sites for hydroxylation is 1. The van der Waals surface area contributed by atoms with Gasteiger partial charge in [0, 0.05) is 0 Å². The van der Waals surface area contributed by atoms with Gasteiger partial charge in [-0.1, -0.05) is 23.7 Å². The highest BCUT2D eigenvalue weighted by Gasteiger charge is 2.18. The van der Waals surface area contributed by atoms with E-state index in [2.05, 4.69) is 5.32 Å². The van der Waals surface area contributed by atoms with Crippen molar-refractivity contribution in [2.24, 2.45) is 0 Å². The predicted molar refractivity (Wildman–Crippen MR) is 70.4 cm³/mol. The van der Waals surface area contributed by atoms with Crippen LogP contribution in [0.5, 0.6) is 0 Å². The van der Waals surface area contributed by atoms with E-state index in [1.54, 1.807) is 24.5 Å². The van der Waals surface area contributed by atoms with Crippen molar-refractivity contribution in [3.8, 4) is 0 Å². The van der Waals surface area contributed by atoms with Gasteiger partial charge in [-0.05, 0) is 43.7 Å². The third-order valence-corrected chi connectivity index (χ3v) is 3.31. The van der Waals surface area contributed by atoms with E-state index < -0.39 is 0 Å². The standard InChI is InChI=1S/C14H15ClFNO/c1-9-6-7-18-14(9)12(17-2)8-10-4-3-5-11(15)13(10)16/h3-7,12,17H,8H2,1-2H3. The first kappa shape index (κ1) is 13.1. The van der Waals surface area contributed by atoms with Crippen LogP contribution in [0.2, 0.25) is 5.02 Å². The zero-order valence-corrected chi connectivity index (χ0v) is 11.1. The predicted octanol–water partition coefficient (Wildman–Crippen LogP) is 3.88. The zero-order chi connectivity index (χ0) is 13.1. The van der Waals surface area contributed by atoms with Crippen LogP contribution in [0.3, 0.4) is 0 Å². The Labute approximate surface area is 111 Å². The van der Waals surface area contributed by atoms with E-state index >= 15 is 0 Å². The van der Waals surface area contributed by atoms with Crippen LogP contribution in [0.25, 0.3) is 0 Å². The van der Waals surface area contributed by atoms with Crippen LogP contribution in [-0.4, -0.2) is 7.05 Å². The van der Waals surface area contributed by atoms with E-state index in [0.29, 0.717) is 12.0 Å². The second-order valence-corrected chi connectivity index (χ2v) is 4.63. The summed E-state index contributed by atoms with van der Waals surface area (Å²) in [5.74, 6) is 0.473. The Morgan fingerprint density at radius 3 is 2.78 bits per heavy atom. The molecular formula is C14H15ClFNO. The number of benzene rings is 1. The van der Waals surface area contributed by atoms with E-state index in [4.69, 9.17) is 16.0 Å². The van der Waals surface area contributed by atoms with Crippen molar-refractivity contribution in [1.29, 1.82) is 0 Å². The average molecular weight is 268 g/mol. The van der Waals surface area contributed by atoms with Gasteiger partial charge in [0.1, 0.15) is 11.6 Å². The van der Waals surface area contributed by atoms with Crippen LogP contribution in [0.1, 0.15) is 22.9 Å². The fourth-order valence-corrected chi connectivity index (χ4v) is 2.19. The van der Waals surface area contributed by atoms with Crippen molar-refractivity contribution in [1.82, 2.24) is 5.32 Å². The van der Waals surface area contributed by atoms with Gasteiger partial charge in [-0.15, -0.1) is 0 Å². The van der Waals surface area contributed by atoms with Gasteiger partial charge in [0.05, 0.1) is 17.3 Å². The fraction of sp³-hybridized carbons (Fsp3) is 0.286. The molecule has 0 saturated carbocycles.